The summed E-state index contributed by atoms with van der Waals surface area (Å²) in [5, 5.41) is 8.36. The van der Waals surface area contributed by atoms with E-state index in [2.05, 4.69) is 30.7 Å². The second kappa shape index (κ2) is 12.7. The number of likely N-dealkylation sites (tertiary alicyclic amines) is 1. The average molecular weight is 501 g/mol. The van der Waals surface area contributed by atoms with Crippen LogP contribution in [0.5, 0.6) is 0 Å². The van der Waals surface area contributed by atoms with Gasteiger partial charge in [-0.05, 0) is 37.3 Å². The minimum atomic E-state index is -0.953. The Balaban J connectivity index is 1.70. The highest BCUT2D eigenvalue weighted by atomic mass is 32.2. The van der Waals surface area contributed by atoms with Crippen LogP contribution in [-0.2, 0) is 14.3 Å². The van der Waals surface area contributed by atoms with Crippen LogP contribution in [0.25, 0.3) is 0 Å². The zero-order chi connectivity index (χ0) is 25.2. The number of rotatable bonds is 9. The summed E-state index contributed by atoms with van der Waals surface area (Å²) in [6.07, 6.45) is 7.04. The van der Waals surface area contributed by atoms with Crippen LogP contribution in [0.2, 0.25) is 0 Å². The Morgan fingerprint density at radius 2 is 2.06 bits per heavy atom. The van der Waals surface area contributed by atoms with Crippen LogP contribution in [0, 0.1) is 0 Å². The van der Waals surface area contributed by atoms with E-state index in [-0.39, 0.29) is 31.2 Å². The van der Waals surface area contributed by atoms with Gasteiger partial charge < -0.3 is 25.6 Å². The molecule has 186 valence electrons. The van der Waals surface area contributed by atoms with Crippen LogP contribution in [0.4, 0.5) is 10.5 Å². The molecule has 2 heterocycles. The lowest BCUT2D eigenvalue weighted by molar-refractivity contribution is -0.140. The van der Waals surface area contributed by atoms with Crippen molar-refractivity contribution in [1.29, 1.82) is 0 Å². The standard InChI is InChI=1S/C23H28N6O5S/c1-34-19(30)7-4-9-26-21(31)20-17(8-12-29(20)22(32)18-14-24-10-11-25-18)28-23(33)27-15-5-3-6-16(13-15)35-2/h3,5-6,10-11,13-14,17,20H,4,7-9,12H2,1-2H3,(H,26,31)(H2,27,28,33)/t17-,20-/m0/s1. The van der Waals surface area contributed by atoms with Crippen LogP contribution >= 0.6 is 11.8 Å². The largest absolute Gasteiger partial charge is 0.469 e. The van der Waals surface area contributed by atoms with Gasteiger partial charge in [0.25, 0.3) is 5.91 Å². The third-order valence-corrected chi connectivity index (χ3v) is 6.16. The molecule has 0 spiro atoms. The van der Waals surface area contributed by atoms with Gasteiger partial charge >= 0.3 is 12.0 Å². The van der Waals surface area contributed by atoms with E-state index in [1.54, 1.807) is 17.8 Å². The number of aromatic nitrogens is 2. The Bertz CT molecular complexity index is 1050. The van der Waals surface area contributed by atoms with Gasteiger partial charge in [-0.25, -0.2) is 9.78 Å². The van der Waals surface area contributed by atoms with E-state index in [0.717, 1.165) is 4.90 Å². The first kappa shape index (κ1) is 25.9. The molecule has 11 nitrogen and oxygen atoms in total. The summed E-state index contributed by atoms with van der Waals surface area (Å²) in [6.45, 7) is 0.473. The lowest BCUT2D eigenvalue weighted by atomic mass is 10.1. The number of amides is 4. The van der Waals surface area contributed by atoms with Gasteiger partial charge in [0, 0.05) is 42.5 Å². The first-order valence-electron chi connectivity index (χ1n) is 11.1. The minimum Gasteiger partial charge on any atom is -0.469 e. The van der Waals surface area contributed by atoms with Crippen LogP contribution in [0.15, 0.2) is 47.8 Å². The number of thioether (sulfide) groups is 1. The maximum atomic E-state index is 13.1. The lowest BCUT2D eigenvalue weighted by Crippen LogP contribution is -2.55. The Morgan fingerprint density at radius 3 is 2.77 bits per heavy atom. The fourth-order valence-corrected chi connectivity index (χ4v) is 4.20. The quantitative estimate of drug-likeness (QED) is 0.268. The molecule has 0 aliphatic carbocycles. The molecule has 0 bridgehead atoms. The number of methoxy groups -OCH3 is 1. The third-order valence-electron chi connectivity index (χ3n) is 5.44. The summed E-state index contributed by atoms with van der Waals surface area (Å²) in [5.74, 6) is -1.26. The first-order chi connectivity index (χ1) is 16.9. The van der Waals surface area contributed by atoms with E-state index in [4.69, 9.17) is 0 Å². The molecule has 2 aromatic rings. The number of benzene rings is 1. The maximum Gasteiger partial charge on any atom is 0.319 e. The minimum absolute atomic E-state index is 0.106. The zero-order valence-corrected chi connectivity index (χ0v) is 20.3. The molecule has 3 rings (SSSR count). The molecule has 12 heteroatoms. The molecule has 1 fully saturated rings. The highest BCUT2D eigenvalue weighted by molar-refractivity contribution is 7.98. The van der Waals surface area contributed by atoms with Crippen molar-refractivity contribution in [2.24, 2.45) is 0 Å². The van der Waals surface area contributed by atoms with E-state index in [0.29, 0.717) is 18.5 Å². The molecular formula is C23H28N6O5S. The highest BCUT2D eigenvalue weighted by Crippen LogP contribution is 2.22. The van der Waals surface area contributed by atoms with Gasteiger partial charge in [-0.3, -0.25) is 19.4 Å². The SMILES string of the molecule is COC(=O)CCCNC(=O)[C@@H]1[C@@H](NC(=O)Nc2cccc(SC)c2)CCN1C(=O)c1cnccn1. The topological polar surface area (TPSA) is 143 Å². The van der Waals surface area contributed by atoms with Crippen LogP contribution in [0.1, 0.15) is 29.8 Å². The summed E-state index contributed by atoms with van der Waals surface area (Å²) >= 11 is 1.55. The Morgan fingerprint density at radius 1 is 1.23 bits per heavy atom. The molecule has 0 saturated carbocycles. The third kappa shape index (κ3) is 7.15. The Hall–Kier alpha value is -3.67. The molecule has 35 heavy (non-hydrogen) atoms. The maximum absolute atomic E-state index is 13.1. The van der Waals surface area contributed by atoms with Crippen molar-refractivity contribution >= 4 is 41.3 Å². The van der Waals surface area contributed by atoms with E-state index in [1.807, 2.05) is 24.5 Å². The van der Waals surface area contributed by atoms with Crippen molar-refractivity contribution in [2.75, 3.05) is 31.8 Å². The summed E-state index contributed by atoms with van der Waals surface area (Å²) < 4.78 is 4.61. The van der Waals surface area contributed by atoms with Crippen LogP contribution < -0.4 is 16.0 Å². The zero-order valence-electron chi connectivity index (χ0n) is 19.5. The molecule has 1 aliphatic rings. The number of hydrogen-bond acceptors (Lipinski definition) is 8. The van der Waals surface area contributed by atoms with E-state index >= 15 is 0 Å². The Labute approximate surface area is 207 Å². The summed E-state index contributed by atoms with van der Waals surface area (Å²) in [4.78, 5) is 60.6. The fraction of sp³-hybridized carbons (Fsp3) is 0.391. The number of esters is 1. The summed E-state index contributed by atoms with van der Waals surface area (Å²) in [6, 6.07) is 5.32. The first-order valence-corrected chi connectivity index (χ1v) is 12.3. The van der Waals surface area contributed by atoms with Crippen molar-refractivity contribution in [3.05, 3.63) is 48.5 Å². The number of carbonyl (C=O) groups is 4. The monoisotopic (exact) mass is 500 g/mol. The molecule has 1 saturated heterocycles. The van der Waals surface area contributed by atoms with E-state index < -0.39 is 29.9 Å². The average Bonchev–Trinajstić information content (AvgIpc) is 3.29. The predicted octanol–water partition coefficient (Wildman–Crippen LogP) is 1.67. The molecule has 1 aliphatic heterocycles. The molecule has 1 aromatic carbocycles. The number of hydrogen-bond donors (Lipinski definition) is 3. The van der Waals surface area contributed by atoms with Gasteiger partial charge in [0.05, 0.1) is 19.3 Å². The second-order valence-corrected chi connectivity index (χ2v) is 8.61. The van der Waals surface area contributed by atoms with Gasteiger partial charge in [-0.1, -0.05) is 6.07 Å². The van der Waals surface area contributed by atoms with Crippen molar-refractivity contribution in [1.82, 2.24) is 25.5 Å². The van der Waals surface area contributed by atoms with Crippen LogP contribution in [0.3, 0.4) is 0 Å². The fourth-order valence-electron chi connectivity index (χ4n) is 3.74. The van der Waals surface area contributed by atoms with Crippen molar-refractivity contribution in [3.63, 3.8) is 0 Å². The summed E-state index contributed by atoms with van der Waals surface area (Å²) in [7, 11) is 1.30. The number of anilines is 1. The van der Waals surface area contributed by atoms with E-state index in [1.165, 1.54) is 30.6 Å². The normalized spacial score (nSPS) is 16.9. The number of nitrogens with one attached hydrogen (secondary N) is 3. The second-order valence-electron chi connectivity index (χ2n) is 7.73. The van der Waals surface area contributed by atoms with Gasteiger partial charge in [0.1, 0.15) is 11.7 Å². The predicted molar refractivity (Wildman–Crippen MR) is 130 cm³/mol. The van der Waals surface area contributed by atoms with Gasteiger partial charge in [-0.15, -0.1) is 11.8 Å². The molecule has 4 amide bonds. The number of nitrogens with zero attached hydrogens (tertiary/aromatic N) is 3. The molecule has 2 atom stereocenters. The van der Waals surface area contributed by atoms with Gasteiger partial charge in [-0.2, -0.15) is 0 Å². The molecule has 1 aromatic heterocycles. The van der Waals surface area contributed by atoms with Crippen LogP contribution in [-0.4, -0.2) is 77.2 Å². The van der Waals surface area contributed by atoms with Crippen molar-refractivity contribution in [3.8, 4) is 0 Å². The number of ether oxygens (including phenoxy) is 1. The van der Waals surface area contributed by atoms with Crippen molar-refractivity contribution in [2.45, 2.75) is 36.2 Å². The van der Waals surface area contributed by atoms with E-state index in [9.17, 15) is 19.2 Å². The molecule has 3 N–H and O–H groups in total. The molecular weight excluding hydrogens is 472 g/mol. The smallest absolute Gasteiger partial charge is 0.319 e. The molecule has 0 unspecified atom stereocenters. The Kier molecular flexibility index (Phi) is 9.41. The highest BCUT2D eigenvalue weighted by Gasteiger charge is 2.43. The van der Waals surface area contributed by atoms with Gasteiger partial charge in [0.15, 0.2) is 0 Å². The number of carbonyl (C=O) groups excluding carboxylic acids is 4. The lowest BCUT2D eigenvalue weighted by Gasteiger charge is -2.27. The summed E-state index contributed by atoms with van der Waals surface area (Å²) in [5.41, 5.74) is 0.721. The van der Waals surface area contributed by atoms with Crippen molar-refractivity contribution < 1.29 is 23.9 Å². The number of urea groups is 1. The molecule has 0 radical (unpaired) electrons. The van der Waals surface area contributed by atoms with Gasteiger partial charge in [0.2, 0.25) is 5.91 Å².